The van der Waals surface area contributed by atoms with Crippen molar-refractivity contribution in [1.29, 1.82) is 0 Å². The molecule has 5 nitrogen and oxygen atoms in total. The second-order valence-electron chi connectivity index (χ2n) is 4.16. The van der Waals surface area contributed by atoms with Crippen molar-refractivity contribution in [3.05, 3.63) is 52.7 Å². The fourth-order valence-corrected chi connectivity index (χ4v) is 1.75. The molecule has 19 heavy (non-hydrogen) atoms. The Morgan fingerprint density at radius 1 is 1.32 bits per heavy atom. The van der Waals surface area contributed by atoms with Gasteiger partial charge in [-0.25, -0.2) is 0 Å². The number of nitro groups is 1. The van der Waals surface area contributed by atoms with Crippen LogP contribution in [-0.2, 0) is 0 Å². The summed E-state index contributed by atoms with van der Waals surface area (Å²) in [5, 5.41) is 14.0. The Morgan fingerprint density at radius 3 is 2.89 bits per heavy atom. The maximum atomic E-state index is 10.8. The first-order valence-electron chi connectivity index (χ1n) is 6.15. The fraction of sp³-hybridized carbons (Fsp3) is 0.214. The number of non-ortho nitro benzene ring substituents is 1. The first kappa shape index (κ1) is 13.0. The summed E-state index contributed by atoms with van der Waals surface area (Å²) in [6.45, 7) is 2.98. The van der Waals surface area contributed by atoms with Crippen LogP contribution in [0.3, 0.4) is 0 Å². The molecule has 0 aliphatic rings. The molecule has 1 N–H and O–H groups in total. The first-order valence-corrected chi connectivity index (χ1v) is 6.15. The quantitative estimate of drug-likeness (QED) is 0.657. The Bertz CT molecular complexity index is 584. The van der Waals surface area contributed by atoms with Crippen molar-refractivity contribution in [2.24, 2.45) is 0 Å². The van der Waals surface area contributed by atoms with E-state index >= 15 is 0 Å². The van der Waals surface area contributed by atoms with Crippen LogP contribution in [0.2, 0.25) is 0 Å². The van der Waals surface area contributed by atoms with Gasteiger partial charge in [0.05, 0.1) is 10.6 Å². The Morgan fingerprint density at radius 2 is 2.16 bits per heavy atom. The number of anilines is 1. The number of hydrogen-bond donors (Lipinski definition) is 1. The van der Waals surface area contributed by atoms with E-state index in [2.05, 4.69) is 17.2 Å². The van der Waals surface area contributed by atoms with Gasteiger partial charge in [0, 0.05) is 36.1 Å². The van der Waals surface area contributed by atoms with Gasteiger partial charge in [-0.1, -0.05) is 19.1 Å². The van der Waals surface area contributed by atoms with E-state index < -0.39 is 4.92 Å². The molecule has 1 aromatic carbocycles. The van der Waals surface area contributed by atoms with E-state index in [4.69, 9.17) is 0 Å². The summed E-state index contributed by atoms with van der Waals surface area (Å²) in [4.78, 5) is 14.6. The molecule has 0 aliphatic heterocycles. The molecule has 2 rings (SSSR count). The van der Waals surface area contributed by atoms with Crippen molar-refractivity contribution in [2.45, 2.75) is 13.3 Å². The second kappa shape index (κ2) is 5.95. The molecule has 0 aliphatic carbocycles. The largest absolute Gasteiger partial charge is 0.385 e. The van der Waals surface area contributed by atoms with E-state index in [9.17, 15) is 10.1 Å². The molecule has 0 bridgehead atoms. The first-order chi connectivity index (χ1) is 9.20. The fourth-order valence-electron chi connectivity index (χ4n) is 1.75. The molecule has 0 spiro atoms. The topological polar surface area (TPSA) is 68.1 Å². The van der Waals surface area contributed by atoms with E-state index in [1.165, 1.54) is 12.1 Å². The number of nitro benzene ring substituents is 1. The standard InChI is InChI=1S/C14H15N3O2/c1-2-7-15-12-6-8-16-14(10-12)11-4-3-5-13(9-11)17(18)19/h3-6,8-10H,2,7H2,1H3,(H,15,16). The van der Waals surface area contributed by atoms with Crippen LogP contribution in [0, 0.1) is 10.1 Å². The minimum Gasteiger partial charge on any atom is -0.385 e. The zero-order valence-corrected chi connectivity index (χ0v) is 10.7. The Kier molecular flexibility index (Phi) is 4.07. The lowest BCUT2D eigenvalue weighted by Gasteiger charge is -2.06. The lowest BCUT2D eigenvalue weighted by molar-refractivity contribution is -0.384. The lowest BCUT2D eigenvalue weighted by Crippen LogP contribution is -2.00. The van der Waals surface area contributed by atoms with Crippen LogP contribution in [0.15, 0.2) is 42.6 Å². The Hall–Kier alpha value is -2.43. The third-order valence-corrected chi connectivity index (χ3v) is 2.69. The van der Waals surface area contributed by atoms with Gasteiger partial charge >= 0.3 is 0 Å². The lowest BCUT2D eigenvalue weighted by atomic mass is 10.1. The summed E-state index contributed by atoms with van der Waals surface area (Å²) >= 11 is 0. The monoisotopic (exact) mass is 257 g/mol. The predicted octanol–water partition coefficient (Wildman–Crippen LogP) is 3.48. The zero-order valence-electron chi connectivity index (χ0n) is 10.7. The molecule has 0 saturated heterocycles. The molecule has 1 heterocycles. The number of benzene rings is 1. The summed E-state index contributed by atoms with van der Waals surface area (Å²) in [6, 6.07) is 10.3. The number of pyridine rings is 1. The number of aromatic nitrogens is 1. The van der Waals surface area contributed by atoms with Gasteiger partial charge in [-0.15, -0.1) is 0 Å². The highest BCUT2D eigenvalue weighted by Gasteiger charge is 2.08. The smallest absolute Gasteiger partial charge is 0.270 e. The molecule has 0 radical (unpaired) electrons. The van der Waals surface area contributed by atoms with Gasteiger partial charge < -0.3 is 5.32 Å². The van der Waals surface area contributed by atoms with Crippen molar-refractivity contribution in [3.8, 4) is 11.3 Å². The van der Waals surface area contributed by atoms with E-state index in [1.807, 2.05) is 18.2 Å². The Labute approximate surface area is 111 Å². The number of nitrogens with zero attached hydrogens (tertiary/aromatic N) is 2. The third kappa shape index (κ3) is 3.28. The molecule has 0 amide bonds. The van der Waals surface area contributed by atoms with Gasteiger partial charge in [0.2, 0.25) is 0 Å². The van der Waals surface area contributed by atoms with Crippen LogP contribution >= 0.6 is 0 Å². The van der Waals surface area contributed by atoms with Gasteiger partial charge in [0.25, 0.3) is 5.69 Å². The molecule has 5 heteroatoms. The molecule has 0 saturated carbocycles. The molecule has 0 fully saturated rings. The van der Waals surface area contributed by atoms with Crippen LogP contribution in [0.4, 0.5) is 11.4 Å². The maximum absolute atomic E-state index is 10.8. The van der Waals surface area contributed by atoms with E-state index in [0.717, 1.165) is 29.9 Å². The summed E-state index contributed by atoms with van der Waals surface area (Å²) in [5.74, 6) is 0. The second-order valence-corrected chi connectivity index (χ2v) is 4.16. The van der Waals surface area contributed by atoms with Gasteiger partial charge in [-0.2, -0.15) is 0 Å². The average molecular weight is 257 g/mol. The third-order valence-electron chi connectivity index (χ3n) is 2.69. The normalized spacial score (nSPS) is 10.2. The number of hydrogen-bond acceptors (Lipinski definition) is 4. The highest BCUT2D eigenvalue weighted by Crippen LogP contribution is 2.23. The molecule has 98 valence electrons. The maximum Gasteiger partial charge on any atom is 0.270 e. The summed E-state index contributed by atoms with van der Waals surface area (Å²) in [7, 11) is 0. The van der Waals surface area contributed by atoms with Crippen molar-refractivity contribution in [2.75, 3.05) is 11.9 Å². The van der Waals surface area contributed by atoms with Crippen LogP contribution in [0.5, 0.6) is 0 Å². The molecule has 1 aromatic heterocycles. The SMILES string of the molecule is CCCNc1ccnc(-c2cccc([N+](=O)[O-])c2)c1. The van der Waals surface area contributed by atoms with Gasteiger partial charge in [0.15, 0.2) is 0 Å². The van der Waals surface area contributed by atoms with Gasteiger partial charge in [-0.05, 0) is 18.6 Å². The van der Waals surface area contributed by atoms with Crippen LogP contribution in [0.25, 0.3) is 11.3 Å². The summed E-state index contributed by atoms with van der Waals surface area (Å²) in [5.41, 5.74) is 2.52. The molecule has 2 aromatic rings. The van der Waals surface area contributed by atoms with Crippen molar-refractivity contribution in [3.63, 3.8) is 0 Å². The summed E-state index contributed by atoms with van der Waals surface area (Å²) < 4.78 is 0. The van der Waals surface area contributed by atoms with Gasteiger partial charge in [-0.3, -0.25) is 15.1 Å². The van der Waals surface area contributed by atoms with Crippen LogP contribution < -0.4 is 5.32 Å². The van der Waals surface area contributed by atoms with E-state index in [-0.39, 0.29) is 5.69 Å². The van der Waals surface area contributed by atoms with Crippen molar-refractivity contribution in [1.82, 2.24) is 4.98 Å². The van der Waals surface area contributed by atoms with Crippen molar-refractivity contribution < 1.29 is 4.92 Å². The minimum absolute atomic E-state index is 0.0752. The predicted molar refractivity (Wildman–Crippen MR) is 75.1 cm³/mol. The highest BCUT2D eigenvalue weighted by molar-refractivity contribution is 5.66. The van der Waals surface area contributed by atoms with Crippen LogP contribution in [-0.4, -0.2) is 16.5 Å². The van der Waals surface area contributed by atoms with Crippen LogP contribution in [0.1, 0.15) is 13.3 Å². The Balaban J connectivity index is 2.30. The number of rotatable bonds is 5. The summed E-state index contributed by atoms with van der Waals surface area (Å²) in [6.07, 6.45) is 2.74. The van der Waals surface area contributed by atoms with E-state index in [1.54, 1.807) is 12.3 Å². The molecular weight excluding hydrogens is 242 g/mol. The molecular formula is C14H15N3O2. The molecule has 0 unspecified atom stereocenters. The zero-order chi connectivity index (χ0) is 13.7. The van der Waals surface area contributed by atoms with Crippen molar-refractivity contribution >= 4 is 11.4 Å². The minimum atomic E-state index is -0.400. The molecule has 0 atom stereocenters. The van der Waals surface area contributed by atoms with Gasteiger partial charge in [0.1, 0.15) is 0 Å². The van der Waals surface area contributed by atoms with E-state index in [0.29, 0.717) is 0 Å². The average Bonchev–Trinajstić information content (AvgIpc) is 2.45. The number of nitrogens with one attached hydrogen (secondary N) is 1. The highest BCUT2D eigenvalue weighted by atomic mass is 16.6.